The molecule has 1 N–H and O–H groups in total. The first-order valence-electron chi connectivity index (χ1n) is 8.06. The number of nitrogens with one attached hydrogen (secondary N) is 1. The zero-order chi connectivity index (χ0) is 20.0. The standard InChI is InChI=1S/C18H20Cl2N2O4S/c1-13-5-3-6-14(11-13)26-10-9-21-17(23)12-22(27(2,24)25)16-8-4-7-15(19)18(16)20/h3-8,11H,9-10,12H2,1-2H3,(H,21,23). The smallest absolute Gasteiger partial charge is 0.240 e. The number of rotatable bonds is 8. The molecule has 0 heterocycles. The first-order valence-corrected chi connectivity index (χ1v) is 10.7. The highest BCUT2D eigenvalue weighted by atomic mass is 35.5. The van der Waals surface area contributed by atoms with E-state index < -0.39 is 22.5 Å². The molecule has 2 rings (SSSR count). The van der Waals surface area contributed by atoms with Crippen molar-refractivity contribution in [3.05, 3.63) is 58.1 Å². The first kappa shape index (κ1) is 21.3. The van der Waals surface area contributed by atoms with Crippen LogP contribution < -0.4 is 14.4 Å². The van der Waals surface area contributed by atoms with Crippen LogP contribution in [0, 0.1) is 6.92 Å². The molecule has 1 amide bonds. The Labute approximate surface area is 169 Å². The predicted molar refractivity (Wildman–Crippen MR) is 108 cm³/mol. The molecule has 0 aromatic heterocycles. The van der Waals surface area contributed by atoms with E-state index in [-0.39, 0.29) is 28.9 Å². The molecule has 9 heteroatoms. The molecule has 6 nitrogen and oxygen atoms in total. The van der Waals surface area contributed by atoms with Crippen LogP contribution in [-0.2, 0) is 14.8 Å². The number of anilines is 1. The van der Waals surface area contributed by atoms with Crippen molar-refractivity contribution in [2.45, 2.75) is 6.92 Å². The number of carbonyl (C=O) groups excluding carboxylic acids is 1. The Kier molecular flexibility index (Phi) is 7.35. The molecule has 0 fully saturated rings. The van der Waals surface area contributed by atoms with Crippen LogP contribution in [0.5, 0.6) is 5.75 Å². The molecule has 0 unspecified atom stereocenters. The summed E-state index contributed by atoms with van der Waals surface area (Å²) < 4.78 is 30.7. The fraction of sp³-hybridized carbons (Fsp3) is 0.278. The van der Waals surface area contributed by atoms with Gasteiger partial charge in [-0.15, -0.1) is 0 Å². The maximum Gasteiger partial charge on any atom is 0.240 e. The minimum absolute atomic E-state index is 0.0696. The van der Waals surface area contributed by atoms with Crippen LogP contribution in [0.25, 0.3) is 0 Å². The summed E-state index contributed by atoms with van der Waals surface area (Å²) >= 11 is 12.0. The summed E-state index contributed by atoms with van der Waals surface area (Å²) in [6, 6.07) is 12.1. The monoisotopic (exact) mass is 430 g/mol. The van der Waals surface area contributed by atoms with Crippen molar-refractivity contribution >= 4 is 44.8 Å². The lowest BCUT2D eigenvalue weighted by Gasteiger charge is -2.23. The van der Waals surface area contributed by atoms with Gasteiger partial charge in [0.05, 0.1) is 28.5 Å². The van der Waals surface area contributed by atoms with E-state index in [4.69, 9.17) is 27.9 Å². The number of carbonyl (C=O) groups is 1. The Morgan fingerprint density at radius 2 is 1.89 bits per heavy atom. The summed E-state index contributed by atoms with van der Waals surface area (Å²) in [5, 5.41) is 2.90. The van der Waals surface area contributed by atoms with E-state index >= 15 is 0 Å². The number of halogens is 2. The van der Waals surface area contributed by atoms with Gasteiger partial charge >= 0.3 is 0 Å². The third-order valence-corrected chi connectivity index (χ3v) is 5.51. The molecule has 0 saturated carbocycles. The van der Waals surface area contributed by atoms with E-state index in [1.54, 1.807) is 6.07 Å². The average molecular weight is 431 g/mol. The second-order valence-corrected chi connectivity index (χ2v) is 8.55. The molecular weight excluding hydrogens is 411 g/mol. The van der Waals surface area contributed by atoms with Gasteiger partial charge in [-0.25, -0.2) is 8.42 Å². The number of aryl methyl sites for hydroxylation is 1. The molecule has 0 atom stereocenters. The van der Waals surface area contributed by atoms with E-state index in [0.29, 0.717) is 5.75 Å². The SMILES string of the molecule is Cc1cccc(OCCNC(=O)CN(c2cccc(Cl)c2Cl)S(C)(=O)=O)c1. The van der Waals surface area contributed by atoms with Gasteiger partial charge in [0.25, 0.3) is 0 Å². The lowest BCUT2D eigenvalue weighted by atomic mass is 10.2. The van der Waals surface area contributed by atoms with Crippen molar-refractivity contribution in [1.29, 1.82) is 0 Å². The number of nitrogens with zero attached hydrogens (tertiary/aromatic N) is 1. The summed E-state index contributed by atoms with van der Waals surface area (Å²) in [5.41, 5.74) is 1.22. The quantitative estimate of drug-likeness (QED) is 0.651. The minimum atomic E-state index is -3.73. The number of ether oxygens (including phenoxy) is 1. The molecule has 2 aromatic carbocycles. The van der Waals surface area contributed by atoms with Crippen molar-refractivity contribution < 1.29 is 17.9 Å². The summed E-state index contributed by atoms with van der Waals surface area (Å²) in [6.45, 7) is 2.03. The summed E-state index contributed by atoms with van der Waals surface area (Å²) in [7, 11) is -3.73. The van der Waals surface area contributed by atoms with Gasteiger partial charge < -0.3 is 10.1 Å². The van der Waals surface area contributed by atoms with Crippen molar-refractivity contribution in [3.8, 4) is 5.75 Å². The maximum absolute atomic E-state index is 12.2. The molecule has 0 aliphatic heterocycles. The van der Waals surface area contributed by atoms with Crippen LogP contribution >= 0.6 is 23.2 Å². The maximum atomic E-state index is 12.2. The summed E-state index contributed by atoms with van der Waals surface area (Å²) in [6.07, 6.45) is 0.998. The zero-order valence-electron chi connectivity index (χ0n) is 14.9. The van der Waals surface area contributed by atoms with Gasteiger partial charge in [0.1, 0.15) is 18.9 Å². The predicted octanol–water partition coefficient (Wildman–Crippen LogP) is 3.26. The Morgan fingerprint density at radius 3 is 2.56 bits per heavy atom. The van der Waals surface area contributed by atoms with Gasteiger partial charge in [-0.05, 0) is 36.8 Å². The molecule has 0 spiro atoms. The van der Waals surface area contributed by atoms with Gasteiger partial charge in [-0.1, -0.05) is 41.4 Å². The Bertz CT molecular complexity index is 919. The van der Waals surface area contributed by atoms with Gasteiger partial charge in [-0.3, -0.25) is 9.10 Å². The molecule has 146 valence electrons. The van der Waals surface area contributed by atoms with Crippen LogP contribution in [0.1, 0.15) is 5.56 Å². The molecule has 27 heavy (non-hydrogen) atoms. The molecular formula is C18H20Cl2N2O4S. The Morgan fingerprint density at radius 1 is 1.19 bits per heavy atom. The second-order valence-electron chi connectivity index (χ2n) is 5.86. The molecule has 0 saturated heterocycles. The third-order valence-electron chi connectivity index (χ3n) is 3.57. The topological polar surface area (TPSA) is 75.7 Å². The van der Waals surface area contributed by atoms with Crippen LogP contribution in [0.4, 0.5) is 5.69 Å². The number of hydrogen-bond acceptors (Lipinski definition) is 4. The van der Waals surface area contributed by atoms with Crippen molar-refractivity contribution in [2.24, 2.45) is 0 Å². The highest BCUT2D eigenvalue weighted by Crippen LogP contribution is 2.33. The number of amides is 1. The van der Waals surface area contributed by atoms with Crippen LogP contribution in [0.3, 0.4) is 0 Å². The number of sulfonamides is 1. The highest BCUT2D eigenvalue weighted by molar-refractivity contribution is 7.92. The highest BCUT2D eigenvalue weighted by Gasteiger charge is 2.23. The van der Waals surface area contributed by atoms with Crippen molar-refractivity contribution in [2.75, 3.05) is 30.3 Å². The second kappa shape index (κ2) is 9.30. The van der Waals surface area contributed by atoms with E-state index in [0.717, 1.165) is 16.1 Å². The van der Waals surface area contributed by atoms with Gasteiger partial charge in [0.2, 0.25) is 15.9 Å². The van der Waals surface area contributed by atoms with Crippen molar-refractivity contribution in [1.82, 2.24) is 5.32 Å². The molecule has 0 radical (unpaired) electrons. The lowest BCUT2D eigenvalue weighted by Crippen LogP contribution is -2.41. The van der Waals surface area contributed by atoms with E-state index in [2.05, 4.69) is 5.32 Å². The molecule has 2 aromatic rings. The lowest BCUT2D eigenvalue weighted by molar-refractivity contribution is -0.119. The molecule has 0 aliphatic carbocycles. The van der Waals surface area contributed by atoms with E-state index in [9.17, 15) is 13.2 Å². The Balaban J connectivity index is 1.95. The molecule has 0 bridgehead atoms. The third kappa shape index (κ3) is 6.30. The number of hydrogen-bond donors (Lipinski definition) is 1. The van der Waals surface area contributed by atoms with Gasteiger partial charge in [-0.2, -0.15) is 0 Å². The summed E-state index contributed by atoms with van der Waals surface area (Å²) in [4.78, 5) is 12.2. The zero-order valence-corrected chi connectivity index (χ0v) is 17.2. The van der Waals surface area contributed by atoms with E-state index in [1.165, 1.54) is 12.1 Å². The van der Waals surface area contributed by atoms with Crippen LogP contribution in [0.15, 0.2) is 42.5 Å². The first-order chi connectivity index (χ1) is 12.7. The Hall–Kier alpha value is -1.96. The van der Waals surface area contributed by atoms with Crippen LogP contribution in [-0.4, -0.2) is 40.3 Å². The number of benzene rings is 2. The largest absolute Gasteiger partial charge is 0.492 e. The molecule has 0 aliphatic rings. The normalized spacial score (nSPS) is 11.1. The van der Waals surface area contributed by atoms with Crippen LogP contribution in [0.2, 0.25) is 10.0 Å². The average Bonchev–Trinajstić information content (AvgIpc) is 2.58. The van der Waals surface area contributed by atoms with Gasteiger partial charge in [0.15, 0.2) is 0 Å². The fourth-order valence-electron chi connectivity index (χ4n) is 2.32. The fourth-order valence-corrected chi connectivity index (χ4v) is 3.63. The van der Waals surface area contributed by atoms with E-state index in [1.807, 2.05) is 31.2 Å². The minimum Gasteiger partial charge on any atom is -0.492 e. The van der Waals surface area contributed by atoms with Crippen molar-refractivity contribution in [3.63, 3.8) is 0 Å². The van der Waals surface area contributed by atoms with Gasteiger partial charge in [0, 0.05) is 0 Å². The summed E-state index contributed by atoms with van der Waals surface area (Å²) in [5.74, 6) is 0.219.